The van der Waals surface area contributed by atoms with Gasteiger partial charge in [-0.2, -0.15) is 0 Å². The molecule has 3 rings (SSSR count). The largest absolute Gasteiger partial charge is 0.481 e. The van der Waals surface area contributed by atoms with Crippen LogP contribution in [0, 0.1) is 12.8 Å². The van der Waals surface area contributed by atoms with E-state index in [0.29, 0.717) is 12.8 Å². The number of aliphatic carboxylic acids is 1. The van der Waals surface area contributed by atoms with Gasteiger partial charge in [-0.1, -0.05) is 43.5 Å². The normalized spacial score (nSPS) is 26.0. The van der Waals surface area contributed by atoms with Gasteiger partial charge in [-0.15, -0.1) is 0 Å². The number of carbonyl (C=O) groups excluding carboxylic acids is 1. The Hall–Kier alpha value is -1.84. The topological polar surface area (TPSA) is 66.4 Å². The molecule has 136 valence electrons. The second kappa shape index (κ2) is 7.59. The Morgan fingerprint density at radius 1 is 1.04 bits per heavy atom. The van der Waals surface area contributed by atoms with Crippen molar-refractivity contribution in [1.29, 1.82) is 0 Å². The van der Waals surface area contributed by atoms with Crippen LogP contribution < -0.4 is 5.32 Å². The molecular formula is C21H29NO3. The molecule has 1 amide bonds. The van der Waals surface area contributed by atoms with Crippen LogP contribution in [0.25, 0.3) is 0 Å². The van der Waals surface area contributed by atoms with Crippen LogP contribution in [0.1, 0.15) is 68.9 Å². The number of nitrogens with one attached hydrogen (secondary N) is 1. The molecule has 0 aromatic heterocycles. The number of carbonyl (C=O) groups is 2. The van der Waals surface area contributed by atoms with Gasteiger partial charge < -0.3 is 10.4 Å². The predicted octanol–water partition coefficient (Wildman–Crippen LogP) is 3.96. The summed E-state index contributed by atoms with van der Waals surface area (Å²) in [5, 5.41) is 12.4. The quantitative estimate of drug-likeness (QED) is 0.870. The summed E-state index contributed by atoms with van der Waals surface area (Å²) in [7, 11) is 0. The van der Waals surface area contributed by atoms with E-state index in [1.807, 2.05) is 12.1 Å². The van der Waals surface area contributed by atoms with Gasteiger partial charge in [-0.3, -0.25) is 9.59 Å². The molecule has 2 N–H and O–H groups in total. The van der Waals surface area contributed by atoms with E-state index < -0.39 is 11.4 Å². The molecule has 0 unspecified atom stereocenters. The van der Waals surface area contributed by atoms with E-state index in [1.165, 1.54) is 17.5 Å². The van der Waals surface area contributed by atoms with Crippen LogP contribution in [-0.2, 0) is 15.0 Å². The predicted molar refractivity (Wildman–Crippen MR) is 97.5 cm³/mol. The third-order valence-electron chi connectivity index (χ3n) is 6.21. The number of carboxylic acids is 1. The van der Waals surface area contributed by atoms with E-state index in [2.05, 4.69) is 24.4 Å². The van der Waals surface area contributed by atoms with E-state index in [0.717, 1.165) is 38.5 Å². The molecule has 0 aliphatic heterocycles. The Balaban J connectivity index is 1.75. The minimum absolute atomic E-state index is 0.117. The molecular weight excluding hydrogens is 314 g/mol. The molecule has 2 saturated carbocycles. The first-order chi connectivity index (χ1) is 12.0. The maximum atomic E-state index is 13.3. The summed E-state index contributed by atoms with van der Waals surface area (Å²) in [6, 6.07) is 8.38. The first-order valence-electron chi connectivity index (χ1n) is 9.63. The third-order valence-corrected chi connectivity index (χ3v) is 6.21. The Morgan fingerprint density at radius 2 is 1.68 bits per heavy atom. The minimum atomic E-state index is -0.701. The Morgan fingerprint density at radius 3 is 2.28 bits per heavy atom. The Bertz CT molecular complexity index is 626. The van der Waals surface area contributed by atoms with Crippen molar-refractivity contribution in [3.8, 4) is 0 Å². The lowest BCUT2D eigenvalue weighted by Gasteiger charge is -2.39. The SMILES string of the molecule is Cc1ccccc1C1(C(=O)NC2CCC(C(=O)O)CC2)CCCCC1. The molecule has 4 heteroatoms. The minimum Gasteiger partial charge on any atom is -0.481 e. The molecule has 2 aliphatic carbocycles. The molecule has 0 radical (unpaired) electrons. The fraction of sp³-hybridized carbons (Fsp3) is 0.619. The van der Waals surface area contributed by atoms with Crippen LogP contribution in [0.3, 0.4) is 0 Å². The van der Waals surface area contributed by atoms with E-state index in [9.17, 15) is 9.59 Å². The van der Waals surface area contributed by atoms with Gasteiger partial charge in [0.2, 0.25) is 5.91 Å². The highest BCUT2D eigenvalue weighted by molar-refractivity contribution is 5.89. The summed E-state index contributed by atoms with van der Waals surface area (Å²) in [6.45, 7) is 2.09. The highest BCUT2D eigenvalue weighted by Crippen LogP contribution is 2.41. The van der Waals surface area contributed by atoms with Gasteiger partial charge in [0.1, 0.15) is 0 Å². The van der Waals surface area contributed by atoms with Crippen molar-refractivity contribution >= 4 is 11.9 Å². The van der Waals surface area contributed by atoms with E-state index in [-0.39, 0.29) is 17.9 Å². The molecule has 0 saturated heterocycles. The molecule has 2 aliphatic rings. The monoisotopic (exact) mass is 343 g/mol. The van der Waals surface area contributed by atoms with Crippen LogP contribution in [0.4, 0.5) is 0 Å². The van der Waals surface area contributed by atoms with Crippen molar-refractivity contribution < 1.29 is 14.7 Å². The number of rotatable bonds is 4. The lowest BCUT2D eigenvalue weighted by Crippen LogP contribution is -2.50. The van der Waals surface area contributed by atoms with Gasteiger partial charge in [0.15, 0.2) is 0 Å². The number of aryl methyl sites for hydroxylation is 1. The average molecular weight is 343 g/mol. The summed E-state index contributed by atoms with van der Waals surface area (Å²) in [5.74, 6) is -0.790. The van der Waals surface area contributed by atoms with Crippen molar-refractivity contribution in [1.82, 2.24) is 5.32 Å². The summed E-state index contributed by atoms with van der Waals surface area (Å²) < 4.78 is 0. The average Bonchev–Trinajstić information content (AvgIpc) is 2.63. The Kier molecular flexibility index (Phi) is 5.45. The van der Waals surface area contributed by atoms with Crippen molar-refractivity contribution in [2.45, 2.75) is 76.2 Å². The second-order valence-electron chi connectivity index (χ2n) is 7.82. The van der Waals surface area contributed by atoms with Gasteiger partial charge in [-0.25, -0.2) is 0 Å². The Labute approximate surface area is 150 Å². The van der Waals surface area contributed by atoms with Crippen LogP contribution in [-0.4, -0.2) is 23.0 Å². The molecule has 2 fully saturated rings. The maximum absolute atomic E-state index is 13.3. The third kappa shape index (κ3) is 3.73. The van der Waals surface area contributed by atoms with E-state index in [1.54, 1.807) is 0 Å². The van der Waals surface area contributed by atoms with Crippen molar-refractivity contribution in [2.24, 2.45) is 5.92 Å². The number of amides is 1. The number of carboxylic acid groups (broad SMARTS) is 1. The highest BCUT2D eigenvalue weighted by Gasteiger charge is 2.42. The highest BCUT2D eigenvalue weighted by atomic mass is 16.4. The van der Waals surface area contributed by atoms with Crippen LogP contribution in [0.5, 0.6) is 0 Å². The van der Waals surface area contributed by atoms with Gasteiger partial charge in [0, 0.05) is 6.04 Å². The van der Waals surface area contributed by atoms with Crippen LogP contribution in [0.2, 0.25) is 0 Å². The van der Waals surface area contributed by atoms with Crippen molar-refractivity contribution in [3.05, 3.63) is 35.4 Å². The number of hydrogen-bond donors (Lipinski definition) is 2. The first-order valence-corrected chi connectivity index (χ1v) is 9.63. The second-order valence-corrected chi connectivity index (χ2v) is 7.82. The molecule has 25 heavy (non-hydrogen) atoms. The zero-order chi connectivity index (χ0) is 17.9. The molecule has 0 spiro atoms. The molecule has 4 nitrogen and oxygen atoms in total. The first kappa shape index (κ1) is 18.0. The standard InChI is InChI=1S/C21H29NO3/c1-15-7-3-4-8-18(15)21(13-5-2-6-14-21)20(25)22-17-11-9-16(10-12-17)19(23)24/h3-4,7-8,16-17H,2,5-6,9-14H2,1H3,(H,22,25)(H,23,24). The van der Waals surface area contributed by atoms with E-state index >= 15 is 0 Å². The fourth-order valence-corrected chi connectivity index (χ4v) is 4.69. The molecule has 1 aromatic rings. The van der Waals surface area contributed by atoms with Crippen LogP contribution in [0.15, 0.2) is 24.3 Å². The van der Waals surface area contributed by atoms with Gasteiger partial charge >= 0.3 is 5.97 Å². The zero-order valence-electron chi connectivity index (χ0n) is 15.1. The van der Waals surface area contributed by atoms with Gasteiger partial charge in [-0.05, 0) is 56.6 Å². The fourth-order valence-electron chi connectivity index (χ4n) is 4.69. The summed E-state index contributed by atoms with van der Waals surface area (Å²) >= 11 is 0. The molecule has 0 heterocycles. The van der Waals surface area contributed by atoms with Crippen molar-refractivity contribution in [3.63, 3.8) is 0 Å². The summed E-state index contributed by atoms with van der Waals surface area (Å²) in [4.78, 5) is 24.4. The van der Waals surface area contributed by atoms with Crippen LogP contribution >= 0.6 is 0 Å². The van der Waals surface area contributed by atoms with Crippen molar-refractivity contribution in [2.75, 3.05) is 0 Å². The number of hydrogen-bond acceptors (Lipinski definition) is 2. The lowest BCUT2D eigenvalue weighted by molar-refractivity contribution is -0.142. The molecule has 1 aromatic carbocycles. The maximum Gasteiger partial charge on any atom is 0.306 e. The van der Waals surface area contributed by atoms with Gasteiger partial charge in [0.25, 0.3) is 0 Å². The zero-order valence-corrected chi connectivity index (χ0v) is 15.1. The molecule has 0 atom stereocenters. The van der Waals surface area contributed by atoms with Gasteiger partial charge in [0.05, 0.1) is 11.3 Å². The molecule has 0 bridgehead atoms. The smallest absolute Gasteiger partial charge is 0.306 e. The summed E-state index contributed by atoms with van der Waals surface area (Å²) in [6.07, 6.45) is 8.07. The number of benzene rings is 1. The van der Waals surface area contributed by atoms with E-state index in [4.69, 9.17) is 5.11 Å². The summed E-state index contributed by atoms with van der Waals surface area (Å²) in [5.41, 5.74) is 1.95. The lowest BCUT2D eigenvalue weighted by atomic mass is 9.67.